The molecule has 2 unspecified atom stereocenters. The molecule has 0 saturated carbocycles. The summed E-state index contributed by atoms with van der Waals surface area (Å²) in [4.78, 5) is 4.07. The van der Waals surface area contributed by atoms with Crippen LogP contribution in [-0.2, 0) is 0 Å². The molecular formula is C15H19FN2. The van der Waals surface area contributed by atoms with Gasteiger partial charge >= 0.3 is 0 Å². The molecule has 2 atom stereocenters. The lowest BCUT2D eigenvalue weighted by atomic mass is 9.86. The van der Waals surface area contributed by atoms with Gasteiger partial charge in [-0.3, -0.25) is 4.98 Å². The number of nitrogens with two attached hydrogens (primary N) is 1. The van der Waals surface area contributed by atoms with Crippen molar-refractivity contribution in [3.63, 3.8) is 0 Å². The van der Waals surface area contributed by atoms with Gasteiger partial charge in [0.25, 0.3) is 0 Å². The number of pyridine rings is 1. The number of hydrogen-bond acceptors (Lipinski definition) is 2. The fraction of sp³-hybridized carbons (Fsp3) is 0.400. The average Bonchev–Trinajstić information content (AvgIpc) is 2.38. The van der Waals surface area contributed by atoms with E-state index in [1.807, 2.05) is 38.1 Å². The lowest BCUT2D eigenvalue weighted by Crippen LogP contribution is -2.24. The third kappa shape index (κ3) is 2.36. The summed E-state index contributed by atoms with van der Waals surface area (Å²) in [6.45, 7) is 4.38. The van der Waals surface area contributed by atoms with E-state index in [-0.39, 0.29) is 11.8 Å². The van der Waals surface area contributed by atoms with Crippen LogP contribution in [0.15, 0.2) is 36.7 Å². The van der Waals surface area contributed by atoms with Gasteiger partial charge in [0.2, 0.25) is 0 Å². The van der Waals surface area contributed by atoms with Crippen molar-refractivity contribution in [3.05, 3.63) is 42.2 Å². The monoisotopic (exact) mass is 246 g/mol. The molecule has 0 aliphatic heterocycles. The molecule has 0 fully saturated rings. The van der Waals surface area contributed by atoms with E-state index >= 15 is 0 Å². The lowest BCUT2D eigenvalue weighted by molar-refractivity contribution is 0.190. The largest absolute Gasteiger partial charge is 0.330 e. The number of aromatic nitrogens is 1. The highest BCUT2D eigenvalue weighted by atomic mass is 19.1. The summed E-state index contributed by atoms with van der Waals surface area (Å²) < 4.78 is 14.7. The topological polar surface area (TPSA) is 38.9 Å². The number of rotatable bonds is 4. The molecule has 1 heterocycles. The van der Waals surface area contributed by atoms with Crippen LogP contribution < -0.4 is 5.73 Å². The molecule has 0 aliphatic rings. The molecule has 0 amide bonds. The zero-order valence-electron chi connectivity index (χ0n) is 10.8. The number of alkyl halides is 1. The van der Waals surface area contributed by atoms with Crippen molar-refractivity contribution in [1.82, 2.24) is 4.98 Å². The van der Waals surface area contributed by atoms with E-state index in [0.717, 1.165) is 16.3 Å². The number of fused-ring (bicyclic) bond motifs is 1. The smallest absolute Gasteiger partial charge is 0.130 e. The highest BCUT2D eigenvalue weighted by molar-refractivity contribution is 5.85. The summed E-state index contributed by atoms with van der Waals surface area (Å²) in [5.41, 5.74) is 6.43. The summed E-state index contributed by atoms with van der Waals surface area (Å²) >= 11 is 0. The van der Waals surface area contributed by atoms with E-state index in [4.69, 9.17) is 5.73 Å². The van der Waals surface area contributed by atoms with Crippen molar-refractivity contribution in [2.45, 2.75) is 20.0 Å². The maximum Gasteiger partial charge on any atom is 0.130 e. The molecule has 18 heavy (non-hydrogen) atoms. The van der Waals surface area contributed by atoms with Gasteiger partial charge in [-0.1, -0.05) is 32.0 Å². The van der Waals surface area contributed by atoms with Gasteiger partial charge in [0.1, 0.15) is 6.17 Å². The Bertz CT molecular complexity index is 519. The average molecular weight is 246 g/mol. The highest BCUT2D eigenvalue weighted by Crippen LogP contribution is 2.34. The van der Waals surface area contributed by atoms with Crippen LogP contribution in [0.3, 0.4) is 0 Å². The van der Waals surface area contributed by atoms with E-state index in [0.29, 0.717) is 6.54 Å². The van der Waals surface area contributed by atoms with Crippen LogP contribution >= 0.6 is 0 Å². The maximum atomic E-state index is 14.7. The Kier molecular flexibility index (Phi) is 3.92. The molecule has 0 aliphatic carbocycles. The first-order valence-electron chi connectivity index (χ1n) is 6.32. The summed E-state index contributed by atoms with van der Waals surface area (Å²) in [6, 6.07) is 7.54. The lowest BCUT2D eigenvalue weighted by Gasteiger charge is -2.24. The second-order valence-electron chi connectivity index (χ2n) is 4.99. The number of halogens is 1. The summed E-state index contributed by atoms with van der Waals surface area (Å²) in [6.07, 6.45) is 2.44. The van der Waals surface area contributed by atoms with Gasteiger partial charge in [0.05, 0.1) is 0 Å². The maximum absolute atomic E-state index is 14.7. The third-order valence-electron chi connectivity index (χ3n) is 3.52. The first-order chi connectivity index (χ1) is 8.65. The van der Waals surface area contributed by atoms with Gasteiger partial charge in [-0.15, -0.1) is 0 Å². The van der Waals surface area contributed by atoms with E-state index < -0.39 is 6.17 Å². The normalized spacial score (nSPS) is 14.9. The zero-order valence-corrected chi connectivity index (χ0v) is 10.8. The van der Waals surface area contributed by atoms with E-state index in [1.165, 1.54) is 0 Å². The summed E-state index contributed by atoms with van der Waals surface area (Å²) in [5.74, 6) is 0.0749. The Labute approximate surface area is 107 Å². The SMILES string of the molecule is CC(C)C(CN)C(F)c1cccc2cnccc12. The molecule has 1 aromatic heterocycles. The van der Waals surface area contributed by atoms with Gasteiger partial charge in [-0.05, 0) is 29.5 Å². The number of hydrogen-bond donors (Lipinski definition) is 1. The minimum atomic E-state index is -1.03. The third-order valence-corrected chi connectivity index (χ3v) is 3.52. The molecule has 0 saturated heterocycles. The van der Waals surface area contributed by atoms with Crippen LogP contribution in [0.1, 0.15) is 25.6 Å². The molecular weight excluding hydrogens is 227 g/mol. The first kappa shape index (κ1) is 13.0. The molecule has 2 rings (SSSR count). The molecule has 0 spiro atoms. The Morgan fingerprint density at radius 2 is 2.06 bits per heavy atom. The first-order valence-corrected chi connectivity index (χ1v) is 6.32. The van der Waals surface area contributed by atoms with Crippen molar-refractivity contribution in [2.75, 3.05) is 6.54 Å². The van der Waals surface area contributed by atoms with Crippen molar-refractivity contribution >= 4 is 10.8 Å². The van der Waals surface area contributed by atoms with Crippen LogP contribution in [0.4, 0.5) is 4.39 Å². The van der Waals surface area contributed by atoms with Gasteiger partial charge in [0, 0.05) is 23.7 Å². The molecule has 0 radical (unpaired) electrons. The Hall–Kier alpha value is -1.48. The Balaban J connectivity index is 2.47. The number of benzene rings is 1. The second-order valence-corrected chi connectivity index (χ2v) is 4.99. The van der Waals surface area contributed by atoms with Crippen molar-refractivity contribution in [2.24, 2.45) is 17.6 Å². The fourth-order valence-corrected chi connectivity index (χ4v) is 2.35. The quantitative estimate of drug-likeness (QED) is 0.897. The molecule has 3 heteroatoms. The van der Waals surface area contributed by atoms with Crippen LogP contribution in [0.2, 0.25) is 0 Å². The highest BCUT2D eigenvalue weighted by Gasteiger charge is 2.25. The fourth-order valence-electron chi connectivity index (χ4n) is 2.35. The Morgan fingerprint density at radius 3 is 2.72 bits per heavy atom. The molecule has 2 aromatic rings. The molecule has 2 nitrogen and oxygen atoms in total. The molecule has 1 aromatic carbocycles. The van der Waals surface area contributed by atoms with Crippen molar-refractivity contribution < 1.29 is 4.39 Å². The van der Waals surface area contributed by atoms with Crippen molar-refractivity contribution in [3.8, 4) is 0 Å². The van der Waals surface area contributed by atoms with Crippen LogP contribution in [0.25, 0.3) is 10.8 Å². The van der Waals surface area contributed by atoms with Crippen LogP contribution in [0, 0.1) is 11.8 Å². The number of nitrogens with zero attached hydrogens (tertiary/aromatic N) is 1. The van der Waals surface area contributed by atoms with Crippen LogP contribution in [0.5, 0.6) is 0 Å². The Morgan fingerprint density at radius 1 is 1.28 bits per heavy atom. The predicted octanol–water partition coefficient (Wildman–Crippen LogP) is 3.48. The van der Waals surface area contributed by atoms with E-state index in [9.17, 15) is 4.39 Å². The second kappa shape index (κ2) is 5.44. The minimum absolute atomic E-state index is 0.149. The van der Waals surface area contributed by atoms with Gasteiger partial charge in [0.15, 0.2) is 0 Å². The minimum Gasteiger partial charge on any atom is -0.330 e. The van der Waals surface area contributed by atoms with Crippen molar-refractivity contribution in [1.29, 1.82) is 0 Å². The molecule has 2 N–H and O–H groups in total. The van der Waals surface area contributed by atoms with E-state index in [2.05, 4.69) is 4.98 Å². The standard InChI is InChI=1S/C15H19FN2/c1-10(2)14(8-17)15(16)13-5-3-4-11-9-18-7-6-12(11)13/h3-7,9-10,14-15H,8,17H2,1-2H3. The van der Waals surface area contributed by atoms with Gasteiger partial charge < -0.3 is 5.73 Å². The summed E-state index contributed by atoms with van der Waals surface area (Å²) in [7, 11) is 0. The van der Waals surface area contributed by atoms with Crippen LogP contribution in [-0.4, -0.2) is 11.5 Å². The molecule has 96 valence electrons. The predicted molar refractivity (Wildman–Crippen MR) is 73.0 cm³/mol. The van der Waals surface area contributed by atoms with E-state index in [1.54, 1.807) is 12.4 Å². The summed E-state index contributed by atoms with van der Waals surface area (Å²) in [5, 5.41) is 1.90. The molecule has 0 bridgehead atoms. The zero-order chi connectivity index (χ0) is 13.1. The van der Waals surface area contributed by atoms with Gasteiger partial charge in [-0.2, -0.15) is 0 Å². The van der Waals surface area contributed by atoms with Gasteiger partial charge in [-0.25, -0.2) is 4.39 Å².